The molecule has 0 aliphatic carbocycles. The van der Waals surface area contributed by atoms with Crippen LogP contribution in [-0.4, -0.2) is 48.2 Å². The summed E-state index contributed by atoms with van der Waals surface area (Å²) >= 11 is 0. The Balaban J connectivity index is 2.40. The van der Waals surface area contributed by atoms with Gasteiger partial charge in [-0.2, -0.15) is 0 Å². The Bertz CT molecular complexity index is 576. The molecule has 0 saturated carbocycles. The monoisotopic (exact) mass is 319 g/mol. The zero-order valence-electron chi connectivity index (χ0n) is 14.0. The van der Waals surface area contributed by atoms with E-state index in [-0.39, 0.29) is 24.5 Å². The highest BCUT2D eigenvalue weighted by Gasteiger charge is 2.40. The number of aliphatic hydroxyl groups is 1. The number of nitrogens with zero attached hydrogens (tertiary/aromatic N) is 2. The average molecular weight is 319 g/mol. The maximum Gasteiger partial charge on any atom is 0.325 e. The lowest BCUT2D eigenvalue weighted by Gasteiger charge is -2.40. The van der Waals surface area contributed by atoms with Gasteiger partial charge in [-0.3, -0.25) is 9.69 Å². The number of aliphatic hydroxyl groups excluding tert-OH is 1. The van der Waals surface area contributed by atoms with Gasteiger partial charge in [0.15, 0.2) is 0 Å². The number of rotatable bonds is 5. The zero-order chi connectivity index (χ0) is 17.0. The molecule has 0 bridgehead atoms. The summed E-state index contributed by atoms with van der Waals surface area (Å²) in [6.07, 6.45) is 1.31. The lowest BCUT2D eigenvalue weighted by atomic mass is 9.94. The SMILES string of the molecule is CC[C@H](C)[C@H]1C(=O)Nc2ccccc2N1C(=O)N(C)CCCO. The zero-order valence-corrected chi connectivity index (χ0v) is 14.0. The van der Waals surface area contributed by atoms with Crippen molar-refractivity contribution < 1.29 is 14.7 Å². The summed E-state index contributed by atoms with van der Waals surface area (Å²) in [7, 11) is 1.70. The molecule has 0 radical (unpaired) electrons. The predicted octanol–water partition coefficient (Wildman–Crippen LogP) is 2.29. The second kappa shape index (κ2) is 7.46. The molecule has 126 valence electrons. The van der Waals surface area contributed by atoms with E-state index in [1.165, 1.54) is 0 Å². The molecule has 0 spiro atoms. The Morgan fingerprint density at radius 1 is 1.43 bits per heavy atom. The van der Waals surface area contributed by atoms with Crippen molar-refractivity contribution in [3.8, 4) is 0 Å². The van der Waals surface area contributed by atoms with E-state index in [2.05, 4.69) is 5.32 Å². The Hall–Kier alpha value is -2.08. The summed E-state index contributed by atoms with van der Waals surface area (Å²) in [5.74, 6) is -0.111. The van der Waals surface area contributed by atoms with Gasteiger partial charge in [0.2, 0.25) is 5.91 Å². The number of nitrogens with one attached hydrogen (secondary N) is 1. The maximum absolute atomic E-state index is 12.9. The lowest BCUT2D eigenvalue weighted by molar-refractivity contribution is -0.118. The Morgan fingerprint density at radius 3 is 2.78 bits per heavy atom. The van der Waals surface area contributed by atoms with Crippen molar-refractivity contribution in [2.24, 2.45) is 5.92 Å². The number of hydrogen-bond acceptors (Lipinski definition) is 3. The molecular weight excluding hydrogens is 294 g/mol. The van der Waals surface area contributed by atoms with Crippen LogP contribution in [0.5, 0.6) is 0 Å². The largest absolute Gasteiger partial charge is 0.396 e. The topological polar surface area (TPSA) is 72.9 Å². The summed E-state index contributed by atoms with van der Waals surface area (Å²) in [4.78, 5) is 28.6. The molecule has 0 unspecified atom stereocenters. The summed E-state index contributed by atoms with van der Waals surface area (Å²) in [5, 5.41) is 11.9. The van der Waals surface area contributed by atoms with E-state index in [9.17, 15) is 9.59 Å². The van der Waals surface area contributed by atoms with Crippen LogP contribution in [0.4, 0.5) is 16.2 Å². The summed E-state index contributed by atoms with van der Waals surface area (Å²) < 4.78 is 0. The quantitative estimate of drug-likeness (QED) is 0.874. The van der Waals surface area contributed by atoms with Crippen molar-refractivity contribution in [1.29, 1.82) is 0 Å². The molecule has 1 aromatic rings. The summed E-state index contributed by atoms with van der Waals surface area (Å²) in [6, 6.07) is 6.60. The molecule has 1 heterocycles. The summed E-state index contributed by atoms with van der Waals surface area (Å²) in [5.41, 5.74) is 1.37. The molecule has 0 saturated heterocycles. The van der Waals surface area contributed by atoms with Crippen LogP contribution in [0, 0.1) is 5.92 Å². The van der Waals surface area contributed by atoms with Gasteiger partial charge < -0.3 is 15.3 Å². The highest BCUT2D eigenvalue weighted by Crippen LogP contribution is 2.35. The van der Waals surface area contributed by atoms with Crippen molar-refractivity contribution in [2.75, 3.05) is 30.4 Å². The molecular formula is C17H25N3O3. The van der Waals surface area contributed by atoms with Gasteiger partial charge in [0.05, 0.1) is 11.4 Å². The normalized spacial score (nSPS) is 18.2. The standard InChI is InChI=1S/C17H25N3O3/c1-4-12(2)15-16(22)18-13-8-5-6-9-14(13)20(15)17(23)19(3)10-7-11-21/h5-6,8-9,12,15,21H,4,7,10-11H2,1-3H3,(H,18,22)/t12-,15-/m0/s1. The highest BCUT2D eigenvalue weighted by atomic mass is 16.3. The van der Waals surface area contributed by atoms with Gasteiger partial charge >= 0.3 is 6.03 Å². The highest BCUT2D eigenvalue weighted by molar-refractivity contribution is 6.11. The Kier molecular flexibility index (Phi) is 5.60. The summed E-state index contributed by atoms with van der Waals surface area (Å²) in [6.45, 7) is 4.47. The fourth-order valence-corrected chi connectivity index (χ4v) is 2.81. The molecule has 0 fully saturated rings. The first-order valence-corrected chi connectivity index (χ1v) is 8.06. The van der Waals surface area contributed by atoms with Gasteiger partial charge in [-0.1, -0.05) is 32.4 Å². The molecule has 1 aromatic carbocycles. The third kappa shape index (κ3) is 3.47. The van der Waals surface area contributed by atoms with E-state index >= 15 is 0 Å². The van der Waals surface area contributed by atoms with Crippen LogP contribution < -0.4 is 10.2 Å². The fourth-order valence-electron chi connectivity index (χ4n) is 2.81. The fraction of sp³-hybridized carbons (Fsp3) is 0.529. The third-order valence-corrected chi connectivity index (χ3v) is 4.34. The molecule has 6 heteroatoms. The van der Waals surface area contributed by atoms with Gasteiger partial charge in [-0.15, -0.1) is 0 Å². The van der Waals surface area contributed by atoms with Gasteiger partial charge in [0, 0.05) is 20.2 Å². The Morgan fingerprint density at radius 2 is 2.13 bits per heavy atom. The van der Waals surface area contributed by atoms with Gasteiger partial charge in [0.25, 0.3) is 0 Å². The maximum atomic E-state index is 12.9. The molecule has 3 amide bonds. The molecule has 2 atom stereocenters. The molecule has 1 aliphatic heterocycles. The number of carbonyl (C=O) groups is 2. The van der Waals surface area contributed by atoms with Crippen LogP contribution in [0.3, 0.4) is 0 Å². The minimum atomic E-state index is -0.529. The van der Waals surface area contributed by atoms with E-state index in [1.54, 1.807) is 22.9 Å². The third-order valence-electron chi connectivity index (χ3n) is 4.34. The molecule has 2 N–H and O–H groups in total. The molecule has 6 nitrogen and oxygen atoms in total. The second-order valence-electron chi connectivity index (χ2n) is 5.99. The lowest BCUT2D eigenvalue weighted by Crippen LogP contribution is -2.57. The smallest absolute Gasteiger partial charge is 0.325 e. The van der Waals surface area contributed by atoms with Crippen LogP contribution >= 0.6 is 0 Å². The van der Waals surface area contributed by atoms with Gasteiger partial charge in [0.1, 0.15) is 6.04 Å². The van der Waals surface area contributed by atoms with E-state index in [4.69, 9.17) is 5.11 Å². The molecule has 23 heavy (non-hydrogen) atoms. The number of fused-ring (bicyclic) bond motifs is 1. The average Bonchev–Trinajstić information content (AvgIpc) is 2.57. The van der Waals surface area contributed by atoms with Crippen molar-refractivity contribution in [3.63, 3.8) is 0 Å². The van der Waals surface area contributed by atoms with E-state index in [0.717, 1.165) is 12.1 Å². The van der Waals surface area contributed by atoms with Crippen LogP contribution in [0.2, 0.25) is 0 Å². The second-order valence-corrected chi connectivity index (χ2v) is 5.99. The molecule has 2 rings (SSSR count). The number of para-hydroxylation sites is 2. The minimum Gasteiger partial charge on any atom is -0.396 e. The first-order valence-electron chi connectivity index (χ1n) is 8.06. The number of anilines is 2. The number of hydrogen-bond donors (Lipinski definition) is 2. The van der Waals surface area contributed by atoms with Crippen LogP contribution in [0.1, 0.15) is 26.7 Å². The van der Waals surface area contributed by atoms with Crippen molar-refractivity contribution in [3.05, 3.63) is 24.3 Å². The first-order chi connectivity index (χ1) is 11.0. The van der Waals surface area contributed by atoms with E-state index in [1.807, 2.05) is 32.0 Å². The van der Waals surface area contributed by atoms with Crippen molar-refractivity contribution >= 4 is 23.3 Å². The number of carbonyl (C=O) groups excluding carboxylic acids is 2. The number of amides is 3. The number of benzene rings is 1. The Labute approximate surface area is 137 Å². The minimum absolute atomic E-state index is 0.0312. The van der Waals surface area contributed by atoms with Crippen LogP contribution in [0.25, 0.3) is 0 Å². The number of urea groups is 1. The van der Waals surface area contributed by atoms with Crippen LogP contribution in [-0.2, 0) is 4.79 Å². The van der Waals surface area contributed by atoms with E-state index in [0.29, 0.717) is 18.7 Å². The molecule has 0 aromatic heterocycles. The van der Waals surface area contributed by atoms with Crippen LogP contribution in [0.15, 0.2) is 24.3 Å². The van der Waals surface area contributed by atoms with Crippen molar-refractivity contribution in [1.82, 2.24) is 4.90 Å². The first kappa shape index (κ1) is 17.3. The van der Waals surface area contributed by atoms with E-state index < -0.39 is 6.04 Å². The van der Waals surface area contributed by atoms with Crippen molar-refractivity contribution in [2.45, 2.75) is 32.7 Å². The van der Waals surface area contributed by atoms with Gasteiger partial charge in [-0.05, 0) is 24.5 Å². The molecule has 1 aliphatic rings. The predicted molar refractivity (Wildman–Crippen MR) is 90.5 cm³/mol. The van der Waals surface area contributed by atoms with Gasteiger partial charge in [-0.25, -0.2) is 4.79 Å².